The van der Waals surface area contributed by atoms with Gasteiger partial charge in [0, 0.05) is 6.54 Å². The average molecular weight is 307 g/mol. The van der Waals surface area contributed by atoms with Crippen LogP contribution in [-0.4, -0.2) is 44.2 Å². The quantitative estimate of drug-likeness (QED) is 0.688. The van der Waals surface area contributed by atoms with Crippen molar-refractivity contribution in [3.05, 3.63) is 28.8 Å². The second-order valence-corrected chi connectivity index (χ2v) is 5.70. The molecule has 0 heterocycles. The first-order valence-corrected chi connectivity index (χ1v) is 8.03. The van der Waals surface area contributed by atoms with Crippen LogP contribution in [0, 0.1) is 6.92 Å². The third-order valence-corrected chi connectivity index (χ3v) is 3.96. The Morgan fingerprint density at radius 2 is 1.86 bits per heavy atom. The van der Waals surface area contributed by atoms with Crippen LogP contribution in [0.3, 0.4) is 0 Å². The maximum atomic E-state index is 12.1. The molecule has 0 unspecified atom stereocenters. The van der Waals surface area contributed by atoms with Gasteiger partial charge in [0.25, 0.3) is 0 Å². The SMILES string of the molecule is CCN(CC)CCOc1c(C(C)C)ccc(C)c1C(=O)OC. The molecule has 1 aromatic rings. The molecule has 4 heteroatoms. The molecule has 1 aromatic carbocycles. The summed E-state index contributed by atoms with van der Waals surface area (Å²) in [5.74, 6) is 0.624. The fraction of sp³-hybridized carbons (Fsp3) is 0.611. The molecule has 0 aliphatic carbocycles. The highest BCUT2D eigenvalue weighted by atomic mass is 16.5. The molecule has 4 nitrogen and oxygen atoms in total. The van der Waals surface area contributed by atoms with Crippen molar-refractivity contribution in [1.82, 2.24) is 4.90 Å². The van der Waals surface area contributed by atoms with Crippen molar-refractivity contribution in [2.24, 2.45) is 0 Å². The number of nitrogens with zero attached hydrogens (tertiary/aromatic N) is 1. The Hall–Kier alpha value is -1.55. The molecule has 0 N–H and O–H groups in total. The summed E-state index contributed by atoms with van der Waals surface area (Å²) in [7, 11) is 1.41. The van der Waals surface area contributed by atoms with E-state index in [2.05, 4.69) is 32.6 Å². The van der Waals surface area contributed by atoms with Gasteiger partial charge in [-0.2, -0.15) is 0 Å². The van der Waals surface area contributed by atoms with Gasteiger partial charge >= 0.3 is 5.97 Å². The van der Waals surface area contributed by atoms with Crippen LogP contribution in [0.2, 0.25) is 0 Å². The Kier molecular flexibility index (Phi) is 7.39. The van der Waals surface area contributed by atoms with E-state index >= 15 is 0 Å². The second kappa shape index (κ2) is 8.79. The van der Waals surface area contributed by atoms with Crippen LogP contribution in [0.4, 0.5) is 0 Å². The molecule has 0 atom stereocenters. The van der Waals surface area contributed by atoms with Crippen LogP contribution in [0.25, 0.3) is 0 Å². The number of carbonyl (C=O) groups excluding carboxylic acids is 1. The van der Waals surface area contributed by atoms with Gasteiger partial charge in [0.05, 0.1) is 7.11 Å². The second-order valence-electron chi connectivity index (χ2n) is 5.70. The van der Waals surface area contributed by atoms with Gasteiger partial charge in [-0.15, -0.1) is 0 Å². The van der Waals surface area contributed by atoms with Gasteiger partial charge in [0.2, 0.25) is 0 Å². The zero-order valence-corrected chi connectivity index (χ0v) is 14.7. The molecule has 22 heavy (non-hydrogen) atoms. The number of rotatable bonds is 8. The summed E-state index contributed by atoms with van der Waals surface area (Å²) in [6.45, 7) is 13.8. The molecular weight excluding hydrogens is 278 g/mol. The largest absolute Gasteiger partial charge is 0.491 e. The molecule has 0 radical (unpaired) electrons. The van der Waals surface area contributed by atoms with Crippen molar-refractivity contribution in [2.75, 3.05) is 33.4 Å². The first-order chi connectivity index (χ1) is 10.5. The van der Waals surface area contributed by atoms with Crippen LogP contribution in [0.15, 0.2) is 12.1 Å². The molecule has 0 amide bonds. The molecule has 0 spiro atoms. The molecule has 0 aromatic heterocycles. The van der Waals surface area contributed by atoms with Crippen molar-refractivity contribution >= 4 is 5.97 Å². The van der Waals surface area contributed by atoms with Gasteiger partial charge in [-0.3, -0.25) is 0 Å². The standard InChI is InChI=1S/C18H29NO3/c1-7-19(8-2)11-12-22-17-15(13(3)4)10-9-14(5)16(17)18(20)21-6/h9-10,13H,7-8,11-12H2,1-6H3. The molecule has 0 bridgehead atoms. The van der Waals surface area contributed by atoms with Crippen molar-refractivity contribution in [3.63, 3.8) is 0 Å². The average Bonchev–Trinajstić information content (AvgIpc) is 2.50. The summed E-state index contributed by atoms with van der Waals surface area (Å²) in [5, 5.41) is 0. The van der Waals surface area contributed by atoms with E-state index in [-0.39, 0.29) is 11.9 Å². The Bertz CT molecular complexity index is 493. The van der Waals surface area contributed by atoms with Crippen molar-refractivity contribution in [2.45, 2.75) is 40.5 Å². The van der Waals surface area contributed by atoms with Gasteiger partial charge in [-0.25, -0.2) is 4.79 Å². The summed E-state index contributed by atoms with van der Waals surface area (Å²) in [5.41, 5.74) is 2.48. The fourth-order valence-electron chi connectivity index (χ4n) is 2.48. The number of hydrogen-bond acceptors (Lipinski definition) is 4. The zero-order valence-electron chi connectivity index (χ0n) is 14.7. The van der Waals surface area contributed by atoms with Crippen LogP contribution < -0.4 is 4.74 Å². The number of hydrogen-bond donors (Lipinski definition) is 0. The first-order valence-electron chi connectivity index (χ1n) is 8.03. The number of benzene rings is 1. The van der Waals surface area contributed by atoms with E-state index in [4.69, 9.17) is 9.47 Å². The number of carbonyl (C=O) groups is 1. The predicted molar refractivity (Wildman–Crippen MR) is 89.9 cm³/mol. The Balaban J connectivity index is 3.07. The Labute approximate surface area is 134 Å². The number of esters is 1. The monoisotopic (exact) mass is 307 g/mol. The van der Waals surface area contributed by atoms with E-state index in [1.165, 1.54) is 7.11 Å². The normalized spacial score (nSPS) is 11.1. The Morgan fingerprint density at radius 3 is 2.36 bits per heavy atom. The van der Waals surface area contributed by atoms with E-state index in [0.29, 0.717) is 17.9 Å². The van der Waals surface area contributed by atoms with Gasteiger partial charge in [-0.1, -0.05) is 39.8 Å². The topological polar surface area (TPSA) is 38.8 Å². The molecule has 1 rings (SSSR count). The smallest absolute Gasteiger partial charge is 0.341 e. The van der Waals surface area contributed by atoms with Crippen LogP contribution in [-0.2, 0) is 4.74 Å². The van der Waals surface area contributed by atoms with Gasteiger partial charge < -0.3 is 14.4 Å². The maximum Gasteiger partial charge on any atom is 0.341 e. The van der Waals surface area contributed by atoms with Crippen LogP contribution in [0.5, 0.6) is 5.75 Å². The lowest BCUT2D eigenvalue weighted by atomic mass is 9.96. The van der Waals surface area contributed by atoms with Crippen molar-refractivity contribution in [3.8, 4) is 5.75 Å². The van der Waals surface area contributed by atoms with Crippen molar-refractivity contribution in [1.29, 1.82) is 0 Å². The van der Waals surface area contributed by atoms with E-state index in [1.54, 1.807) is 0 Å². The minimum absolute atomic E-state index is 0.285. The third-order valence-electron chi connectivity index (χ3n) is 3.96. The lowest BCUT2D eigenvalue weighted by Gasteiger charge is -2.22. The lowest BCUT2D eigenvalue weighted by Crippen LogP contribution is -2.28. The number of likely N-dealkylation sites (N-methyl/N-ethyl adjacent to an activating group) is 1. The highest BCUT2D eigenvalue weighted by molar-refractivity contribution is 5.94. The number of aryl methyl sites for hydroxylation is 1. The molecule has 0 fully saturated rings. The Morgan fingerprint density at radius 1 is 1.23 bits per heavy atom. The minimum atomic E-state index is -0.335. The van der Waals surface area contributed by atoms with E-state index in [0.717, 1.165) is 30.8 Å². The third kappa shape index (κ3) is 4.47. The molecule has 0 saturated carbocycles. The zero-order chi connectivity index (χ0) is 16.7. The fourth-order valence-corrected chi connectivity index (χ4v) is 2.48. The van der Waals surface area contributed by atoms with Crippen LogP contribution >= 0.6 is 0 Å². The van der Waals surface area contributed by atoms with Gasteiger partial charge in [-0.05, 0) is 37.1 Å². The molecule has 0 aliphatic heterocycles. The molecule has 124 valence electrons. The van der Waals surface area contributed by atoms with E-state index in [1.807, 2.05) is 19.1 Å². The number of methoxy groups -OCH3 is 1. The van der Waals surface area contributed by atoms with Gasteiger partial charge in [0.1, 0.15) is 17.9 Å². The number of ether oxygens (including phenoxy) is 2. The summed E-state index contributed by atoms with van der Waals surface area (Å²) in [6, 6.07) is 4.00. The van der Waals surface area contributed by atoms with E-state index < -0.39 is 0 Å². The minimum Gasteiger partial charge on any atom is -0.491 e. The summed E-state index contributed by atoms with van der Waals surface area (Å²) in [4.78, 5) is 14.4. The maximum absolute atomic E-state index is 12.1. The van der Waals surface area contributed by atoms with E-state index in [9.17, 15) is 4.79 Å². The molecule has 0 saturated heterocycles. The highest BCUT2D eigenvalue weighted by Gasteiger charge is 2.21. The highest BCUT2D eigenvalue weighted by Crippen LogP contribution is 2.33. The molecule has 0 aliphatic rings. The summed E-state index contributed by atoms with van der Waals surface area (Å²) >= 11 is 0. The van der Waals surface area contributed by atoms with Crippen LogP contribution in [0.1, 0.15) is 55.1 Å². The predicted octanol–water partition coefficient (Wildman–Crippen LogP) is 3.63. The molecular formula is C18H29NO3. The van der Waals surface area contributed by atoms with Gasteiger partial charge in [0.15, 0.2) is 0 Å². The lowest BCUT2D eigenvalue weighted by molar-refractivity contribution is 0.0594. The summed E-state index contributed by atoms with van der Waals surface area (Å²) < 4.78 is 11.0. The van der Waals surface area contributed by atoms with Crippen molar-refractivity contribution < 1.29 is 14.3 Å². The first kappa shape index (κ1) is 18.5. The summed E-state index contributed by atoms with van der Waals surface area (Å²) in [6.07, 6.45) is 0.